The highest BCUT2D eigenvalue weighted by atomic mass is 35.5. The van der Waals surface area contributed by atoms with E-state index in [9.17, 15) is 4.79 Å². The van der Waals surface area contributed by atoms with Crippen molar-refractivity contribution >= 4 is 52.5 Å². The smallest absolute Gasteiger partial charge is 0.255 e. The van der Waals surface area contributed by atoms with Crippen molar-refractivity contribution in [3.05, 3.63) is 105 Å². The third kappa shape index (κ3) is 5.46. The Bertz CT molecular complexity index is 1470. The van der Waals surface area contributed by atoms with Gasteiger partial charge in [0.2, 0.25) is 11.1 Å². The number of halogens is 2. The van der Waals surface area contributed by atoms with Crippen LogP contribution >= 0.6 is 35.0 Å². The highest BCUT2D eigenvalue weighted by Crippen LogP contribution is 2.40. The fourth-order valence-electron chi connectivity index (χ4n) is 4.09. The lowest BCUT2D eigenvalue weighted by molar-refractivity contribution is -0.113. The van der Waals surface area contributed by atoms with E-state index in [1.807, 2.05) is 31.2 Å². The molecule has 1 atom stereocenters. The molecule has 4 aromatic rings. The summed E-state index contributed by atoms with van der Waals surface area (Å²) in [6, 6.07) is 21.9. The van der Waals surface area contributed by atoms with Gasteiger partial charge in [-0.25, -0.2) is 4.68 Å². The molecular weight excluding hydrogens is 529 g/mol. The second-order valence-electron chi connectivity index (χ2n) is 8.35. The summed E-state index contributed by atoms with van der Waals surface area (Å²) in [7, 11) is 1.60. The SMILES string of the molecule is COc1ccc(NC(=O)C2=C(C)Nc3nc(SCc4ccccc4)nn3[C@@H]2c2ccc(Cl)cc2Cl)cc1. The van der Waals surface area contributed by atoms with Crippen molar-refractivity contribution in [2.45, 2.75) is 23.9 Å². The first-order valence-corrected chi connectivity index (χ1v) is 13.2. The number of nitrogens with zero attached hydrogens (tertiary/aromatic N) is 3. The molecule has 0 fully saturated rings. The summed E-state index contributed by atoms with van der Waals surface area (Å²) < 4.78 is 6.92. The van der Waals surface area contributed by atoms with Gasteiger partial charge in [-0.2, -0.15) is 4.98 Å². The van der Waals surface area contributed by atoms with Gasteiger partial charge in [-0.15, -0.1) is 5.10 Å². The van der Waals surface area contributed by atoms with Crippen molar-refractivity contribution in [3.63, 3.8) is 0 Å². The third-order valence-corrected chi connectivity index (χ3v) is 7.36. The van der Waals surface area contributed by atoms with E-state index in [2.05, 4.69) is 22.8 Å². The van der Waals surface area contributed by atoms with Crippen LogP contribution in [-0.4, -0.2) is 27.8 Å². The van der Waals surface area contributed by atoms with Gasteiger partial charge in [-0.3, -0.25) is 4.79 Å². The lowest BCUT2D eigenvalue weighted by Gasteiger charge is -2.29. The number of anilines is 2. The summed E-state index contributed by atoms with van der Waals surface area (Å²) in [6.45, 7) is 1.84. The number of carbonyl (C=O) groups excluding carboxylic acids is 1. The third-order valence-electron chi connectivity index (χ3n) is 5.89. The van der Waals surface area contributed by atoms with Gasteiger partial charge in [-0.05, 0) is 48.9 Å². The molecule has 188 valence electrons. The average Bonchev–Trinajstić information content (AvgIpc) is 3.30. The molecule has 2 N–H and O–H groups in total. The molecule has 0 bridgehead atoms. The fourth-order valence-corrected chi connectivity index (χ4v) is 5.39. The zero-order valence-corrected chi connectivity index (χ0v) is 22.4. The number of benzene rings is 3. The summed E-state index contributed by atoms with van der Waals surface area (Å²) in [6.07, 6.45) is 0. The van der Waals surface area contributed by atoms with Crippen molar-refractivity contribution < 1.29 is 9.53 Å². The minimum atomic E-state index is -0.613. The summed E-state index contributed by atoms with van der Waals surface area (Å²) in [5.74, 6) is 1.66. The number of fused-ring (bicyclic) bond motifs is 1. The molecule has 0 aliphatic carbocycles. The number of hydrogen-bond donors (Lipinski definition) is 2. The molecule has 5 rings (SSSR count). The molecule has 2 heterocycles. The number of methoxy groups -OCH3 is 1. The normalized spacial score (nSPS) is 14.6. The molecular formula is C27H23Cl2N5O2S. The molecule has 0 radical (unpaired) electrons. The molecule has 1 aromatic heterocycles. The number of aromatic nitrogens is 3. The van der Waals surface area contributed by atoms with Crippen LogP contribution in [0.3, 0.4) is 0 Å². The molecule has 1 amide bonds. The van der Waals surface area contributed by atoms with Gasteiger partial charge in [-0.1, -0.05) is 71.4 Å². The topological polar surface area (TPSA) is 81.1 Å². The Balaban J connectivity index is 1.50. The van der Waals surface area contributed by atoms with Crippen molar-refractivity contribution in [3.8, 4) is 5.75 Å². The van der Waals surface area contributed by atoms with Crippen molar-refractivity contribution in [1.82, 2.24) is 14.8 Å². The quantitative estimate of drug-likeness (QED) is 0.245. The maximum absolute atomic E-state index is 13.6. The van der Waals surface area contributed by atoms with E-state index in [4.69, 9.17) is 38.0 Å². The van der Waals surface area contributed by atoms with Crippen LogP contribution < -0.4 is 15.4 Å². The molecule has 10 heteroatoms. The van der Waals surface area contributed by atoms with Crippen LogP contribution in [0, 0.1) is 0 Å². The molecule has 7 nitrogen and oxygen atoms in total. The number of ether oxygens (including phenoxy) is 1. The molecule has 0 spiro atoms. The first kappa shape index (κ1) is 25.2. The lowest BCUT2D eigenvalue weighted by Crippen LogP contribution is -2.31. The fraction of sp³-hybridized carbons (Fsp3) is 0.148. The van der Waals surface area contributed by atoms with E-state index in [0.717, 1.165) is 0 Å². The molecule has 37 heavy (non-hydrogen) atoms. The van der Waals surface area contributed by atoms with E-state index in [0.29, 0.717) is 55.2 Å². The van der Waals surface area contributed by atoms with Crippen LogP contribution in [0.2, 0.25) is 10.0 Å². The summed E-state index contributed by atoms with van der Waals surface area (Å²) in [4.78, 5) is 18.3. The molecule has 0 saturated carbocycles. The predicted octanol–water partition coefficient (Wildman–Crippen LogP) is 6.81. The Kier molecular flexibility index (Phi) is 7.41. The van der Waals surface area contributed by atoms with Gasteiger partial charge in [0.25, 0.3) is 5.91 Å². The highest BCUT2D eigenvalue weighted by Gasteiger charge is 2.35. The first-order valence-electron chi connectivity index (χ1n) is 11.4. The minimum Gasteiger partial charge on any atom is -0.497 e. The van der Waals surface area contributed by atoms with Crippen LogP contribution in [0.25, 0.3) is 0 Å². The average molecular weight is 552 g/mol. The van der Waals surface area contributed by atoms with Crippen molar-refractivity contribution in [2.24, 2.45) is 0 Å². The standard InChI is InChI=1S/C27H23Cl2N5O2S/c1-16-23(25(35)31-19-9-11-20(36-2)12-10-19)24(21-13-8-18(28)14-22(21)29)34-26(30-16)32-27(33-34)37-15-17-6-4-3-5-7-17/h3-14,24H,15H2,1-2H3,(H,31,35)(H,30,32,33)/t24-/m1/s1. The number of nitrogens with one attached hydrogen (secondary N) is 2. The number of thioether (sulfide) groups is 1. The Morgan fingerprint density at radius 1 is 1.11 bits per heavy atom. The predicted molar refractivity (Wildman–Crippen MR) is 149 cm³/mol. The van der Waals surface area contributed by atoms with E-state index in [1.54, 1.807) is 48.2 Å². The second kappa shape index (κ2) is 10.9. The molecule has 1 aliphatic heterocycles. The van der Waals surface area contributed by atoms with Crippen molar-refractivity contribution in [2.75, 3.05) is 17.7 Å². The minimum absolute atomic E-state index is 0.286. The highest BCUT2D eigenvalue weighted by molar-refractivity contribution is 7.98. The summed E-state index contributed by atoms with van der Waals surface area (Å²) >= 11 is 14.4. The van der Waals surface area contributed by atoms with Crippen molar-refractivity contribution in [1.29, 1.82) is 0 Å². The lowest BCUT2D eigenvalue weighted by atomic mass is 9.95. The zero-order valence-electron chi connectivity index (χ0n) is 20.0. The van der Waals surface area contributed by atoms with Gasteiger partial charge in [0.1, 0.15) is 11.8 Å². The van der Waals surface area contributed by atoms with E-state index in [-0.39, 0.29) is 5.91 Å². The van der Waals surface area contributed by atoms with Gasteiger partial charge in [0.15, 0.2) is 0 Å². The van der Waals surface area contributed by atoms with Crippen LogP contribution in [0.1, 0.15) is 24.1 Å². The zero-order chi connectivity index (χ0) is 25.9. The number of rotatable bonds is 7. The second-order valence-corrected chi connectivity index (χ2v) is 10.1. The maximum atomic E-state index is 13.6. The van der Waals surface area contributed by atoms with Gasteiger partial charge >= 0.3 is 0 Å². The van der Waals surface area contributed by atoms with Gasteiger partial charge in [0.05, 0.1) is 12.7 Å². The largest absolute Gasteiger partial charge is 0.497 e. The number of carbonyl (C=O) groups is 1. The summed E-state index contributed by atoms with van der Waals surface area (Å²) in [5.41, 5.74) is 3.62. The van der Waals surface area contributed by atoms with Crippen LogP contribution in [0.15, 0.2) is 89.2 Å². The summed E-state index contributed by atoms with van der Waals surface area (Å²) in [5, 5.41) is 12.5. The number of allylic oxidation sites excluding steroid dienone is 1. The molecule has 3 aromatic carbocycles. The Labute approximate surface area is 228 Å². The number of hydrogen-bond acceptors (Lipinski definition) is 6. The maximum Gasteiger partial charge on any atom is 0.255 e. The Morgan fingerprint density at radius 2 is 1.86 bits per heavy atom. The van der Waals surface area contributed by atoms with Gasteiger partial charge < -0.3 is 15.4 Å². The first-order chi connectivity index (χ1) is 17.9. The Morgan fingerprint density at radius 3 is 2.57 bits per heavy atom. The van der Waals surface area contributed by atoms with Crippen LogP contribution in [0.4, 0.5) is 11.6 Å². The van der Waals surface area contributed by atoms with E-state index >= 15 is 0 Å². The van der Waals surface area contributed by atoms with Crippen LogP contribution in [-0.2, 0) is 10.5 Å². The van der Waals surface area contributed by atoms with E-state index < -0.39 is 6.04 Å². The van der Waals surface area contributed by atoms with Crippen LogP contribution in [0.5, 0.6) is 5.75 Å². The monoisotopic (exact) mass is 551 g/mol. The molecule has 0 unspecified atom stereocenters. The Hall–Kier alpha value is -3.46. The molecule has 0 saturated heterocycles. The van der Waals surface area contributed by atoms with Gasteiger partial charge in [0, 0.05) is 32.7 Å². The molecule has 1 aliphatic rings. The van der Waals surface area contributed by atoms with E-state index in [1.165, 1.54) is 17.3 Å². The number of amides is 1.